The highest BCUT2D eigenvalue weighted by Gasteiger charge is 2.47. The summed E-state index contributed by atoms with van der Waals surface area (Å²) in [6.45, 7) is 7.26. The molecule has 2 aliphatic rings. The second kappa shape index (κ2) is 7.91. The Morgan fingerprint density at radius 2 is 1.61 bits per heavy atom. The van der Waals surface area contributed by atoms with Crippen LogP contribution in [0.15, 0.2) is 12.1 Å². The van der Waals surface area contributed by atoms with Crippen LogP contribution >= 0.6 is 0 Å². The lowest BCUT2D eigenvalue weighted by Crippen LogP contribution is -2.45. The fourth-order valence-corrected chi connectivity index (χ4v) is 5.17. The van der Waals surface area contributed by atoms with E-state index in [-0.39, 0.29) is 28.9 Å². The Balaban J connectivity index is 1.80. The molecule has 2 saturated carbocycles. The maximum absolute atomic E-state index is 13.1. The molecule has 2 aliphatic carbocycles. The zero-order valence-electron chi connectivity index (χ0n) is 17.3. The van der Waals surface area contributed by atoms with Gasteiger partial charge in [-0.25, -0.2) is 0 Å². The number of amides is 1. The first-order valence-electron chi connectivity index (χ1n) is 10.1. The predicted octanol–water partition coefficient (Wildman–Crippen LogP) is 3.76. The van der Waals surface area contributed by atoms with Gasteiger partial charge in [0.2, 0.25) is 5.91 Å². The molecule has 1 aromatic rings. The zero-order chi connectivity index (χ0) is 20.5. The van der Waals surface area contributed by atoms with Gasteiger partial charge in [-0.1, -0.05) is 5.92 Å². The molecule has 0 bridgehead atoms. The Morgan fingerprint density at radius 3 is 2.07 bits per heavy atom. The van der Waals surface area contributed by atoms with Crippen LogP contribution in [0.5, 0.6) is 0 Å². The Morgan fingerprint density at radius 1 is 1.07 bits per heavy atom. The van der Waals surface area contributed by atoms with Crippen molar-refractivity contribution in [1.82, 2.24) is 5.32 Å². The molecule has 148 valence electrons. The quantitative estimate of drug-likeness (QED) is 0.629. The van der Waals surface area contributed by atoms with E-state index in [0.717, 1.165) is 47.9 Å². The third-order valence-electron chi connectivity index (χ3n) is 6.35. The predicted molar refractivity (Wildman–Crippen MR) is 109 cm³/mol. The number of benzene rings is 1. The number of carbonyl (C=O) groups excluding carboxylic acids is 3. The second-order valence-corrected chi connectivity index (χ2v) is 8.59. The van der Waals surface area contributed by atoms with Crippen molar-refractivity contribution in [3.8, 4) is 11.8 Å². The fraction of sp³-hybridized carbons (Fsp3) is 0.542. The maximum atomic E-state index is 13.1. The maximum Gasteiger partial charge on any atom is 0.217 e. The highest BCUT2D eigenvalue weighted by Crippen LogP contribution is 2.48. The van der Waals surface area contributed by atoms with Gasteiger partial charge in [0.25, 0.3) is 0 Å². The van der Waals surface area contributed by atoms with Crippen LogP contribution in [0.2, 0.25) is 0 Å². The molecule has 1 aromatic carbocycles. The molecule has 28 heavy (non-hydrogen) atoms. The summed E-state index contributed by atoms with van der Waals surface area (Å²) in [5.74, 6) is 5.40. The van der Waals surface area contributed by atoms with E-state index >= 15 is 0 Å². The summed E-state index contributed by atoms with van der Waals surface area (Å²) in [6.07, 6.45) is 4.26. The minimum absolute atomic E-state index is 0.0148. The van der Waals surface area contributed by atoms with Crippen LogP contribution in [-0.2, 0) is 14.4 Å². The lowest BCUT2D eigenvalue weighted by Gasteiger charge is -2.43. The van der Waals surface area contributed by atoms with Gasteiger partial charge in [0, 0.05) is 31.4 Å². The van der Waals surface area contributed by atoms with Crippen molar-refractivity contribution >= 4 is 17.5 Å². The van der Waals surface area contributed by atoms with Crippen LogP contribution in [0.4, 0.5) is 0 Å². The molecule has 0 aliphatic heterocycles. The molecule has 0 saturated heterocycles. The van der Waals surface area contributed by atoms with Crippen molar-refractivity contribution in [3.05, 3.63) is 34.4 Å². The van der Waals surface area contributed by atoms with Gasteiger partial charge in [-0.2, -0.15) is 0 Å². The Bertz CT molecular complexity index is 836. The van der Waals surface area contributed by atoms with E-state index < -0.39 is 5.92 Å². The lowest BCUT2D eigenvalue weighted by molar-refractivity contribution is -0.138. The van der Waals surface area contributed by atoms with Crippen molar-refractivity contribution < 1.29 is 14.4 Å². The molecule has 0 atom stereocenters. The molecular formula is C24H29NO3. The smallest absolute Gasteiger partial charge is 0.217 e. The number of hydrogen-bond donors (Lipinski definition) is 1. The molecule has 0 aromatic heterocycles. The molecule has 4 heteroatoms. The van der Waals surface area contributed by atoms with Gasteiger partial charge in [-0.05, 0) is 80.7 Å². The number of rotatable bonds is 2. The number of ketones is 2. The van der Waals surface area contributed by atoms with Gasteiger partial charge < -0.3 is 5.32 Å². The normalized spacial score (nSPS) is 27.3. The summed E-state index contributed by atoms with van der Waals surface area (Å²) in [5, 5.41) is 2.97. The summed E-state index contributed by atoms with van der Waals surface area (Å²) >= 11 is 0. The van der Waals surface area contributed by atoms with E-state index in [0.29, 0.717) is 12.8 Å². The SMILES string of the molecule is CC#Cc1cc(C)c(C2C(=O)CC3(CCC(NC(C)=O)CC3)CC2=O)c(C)c1. The number of carbonyl (C=O) groups is 3. The van der Waals surface area contributed by atoms with Crippen molar-refractivity contribution in [1.29, 1.82) is 0 Å². The minimum atomic E-state index is -0.637. The highest BCUT2D eigenvalue weighted by molar-refractivity contribution is 6.10. The lowest BCUT2D eigenvalue weighted by atomic mass is 9.60. The van der Waals surface area contributed by atoms with Crippen molar-refractivity contribution in [3.63, 3.8) is 0 Å². The van der Waals surface area contributed by atoms with Crippen LogP contribution in [0.3, 0.4) is 0 Å². The molecule has 1 amide bonds. The summed E-state index contributed by atoms with van der Waals surface area (Å²) in [4.78, 5) is 37.6. The van der Waals surface area contributed by atoms with Gasteiger partial charge in [-0.3, -0.25) is 14.4 Å². The van der Waals surface area contributed by atoms with Crippen LogP contribution < -0.4 is 5.32 Å². The summed E-state index contributed by atoms with van der Waals surface area (Å²) < 4.78 is 0. The average Bonchev–Trinajstić information content (AvgIpc) is 2.59. The first kappa shape index (κ1) is 20.3. The summed E-state index contributed by atoms with van der Waals surface area (Å²) in [5.41, 5.74) is 3.52. The van der Waals surface area contributed by atoms with E-state index in [4.69, 9.17) is 0 Å². The van der Waals surface area contributed by atoms with E-state index in [1.54, 1.807) is 6.92 Å². The number of Topliss-reactive ketones (excluding diaryl/α,β-unsaturated/α-hetero) is 2. The van der Waals surface area contributed by atoms with E-state index in [9.17, 15) is 14.4 Å². The van der Waals surface area contributed by atoms with Crippen LogP contribution in [0, 0.1) is 31.1 Å². The Kier molecular flexibility index (Phi) is 5.74. The molecule has 1 N–H and O–H groups in total. The minimum Gasteiger partial charge on any atom is -0.354 e. The highest BCUT2D eigenvalue weighted by atomic mass is 16.2. The van der Waals surface area contributed by atoms with Gasteiger partial charge in [0.15, 0.2) is 0 Å². The van der Waals surface area contributed by atoms with E-state index in [2.05, 4.69) is 17.2 Å². The zero-order valence-corrected chi connectivity index (χ0v) is 17.3. The second-order valence-electron chi connectivity index (χ2n) is 8.59. The topological polar surface area (TPSA) is 63.2 Å². The van der Waals surface area contributed by atoms with Crippen LogP contribution in [0.1, 0.15) is 80.5 Å². The number of nitrogens with one attached hydrogen (secondary N) is 1. The Labute approximate surface area is 167 Å². The van der Waals surface area contributed by atoms with Gasteiger partial charge in [0.1, 0.15) is 17.5 Å². The molecule has 2 fully saturated rings. The van der Waals surface area contributed by atoms with Gasteiger partial charge in [-0.15, -0.1) is 5.92 Å². The Hall–Kier alpha value is -2.41. The first-order chi connectivity index (χ1) is 13.2. The molecule has 0 heterocycles. The van der Waals surface area contributed by atoms with Crippen molar-refractivity contribution in [2.45, 2.75) is 78.2 Å². The number of aryl methyl sites for hydroxylation is 2. The first-order valence-corrected chi connectivity index (χ1v) is 10.1. The van der Waals surface area contributed by atoms with Gasteiger partial charge in [0.05, 0.1) is 0 Å². The monoisotopic (exact) mass is 379 g/mol. The fourth-order valence-electron chi connectivity index (χ4n) is 5.17. The summed E-state index contributed by atoms with van der Waals surface area (Å²) in [6, 6.07) is 4.12. The van der Waals surface area contributed by atoms with Crippen LogP contribution in [-0.4, -0.2) is 23.5 Å². The van der Waals surface area contributed by atoms with E-state index in [1.165, 1.54) is 6.92 Å². The van der Waals surface area contributed by atoms with Crippen molar-refractivity contribution in [2.75, 3.05) is 0 Å². The van der Waals surface area contributed by atoms with Gasteiger partial charge >= 0.3 is 0 Å². The molecule has 3 rings (SSSR count). The molecular weight excluding hydrogens is 350 g/mol. The van der Waals surface area contributed by atoms with Crippen LogP contribution in [0.25, 0.3) is 0 Å². The average molecular weight is 380 g/mol. The standard InChI is InChI=1S/C24H29NO3/c1-5-6-18-11-15(2)22(16(3)12-18)23-20(27)13-24(14-21(23)28)9-7-19(8-10-24)25-17(4)26/h11-12,19,23H,7-10,13-14H2,1-4H3,(H,25,26). The largest absolute Gasteiger partial charge is 0.354 e. The molecule has 4 nitrogen and oxygen atoms in total. The van der Waals surface area contributed by atoms with E-state index in [1.807, 2.05) is 26.0 Å². The number of hydrogen-bond acceptors (Lipinski definition) is 3. The molecule has 0 unspecified atom stereocenters. The third-order valence-corrected chi connectivity index (χ3v) is 6.35. The van der Waals surface area contributed by atoms with Crippen molar-refractivity contribution in [2.24, 2.45) is 5.41 Å². The third kappa shape index (κ3) is 4.04. The molecule has 1 spiro atoms. The summed E-state index contributed by atoms with van der Waals surface area (Å²) in [7, 11) is 0. The molecule has 0 radical (unpaired) electrons.